The standard InChI is InChI=1S/2C16H16ClNOS/c1-2-20-15-13(9-6-10-14(15)17)16(19)18-11-12-7-4-3-5-8-12;1-2-20-15-9-8-13(10-14(15)17)16(19)18-11-12-6-4-3-5-7-12/h2*3-10H,2,11H2,1H3,(H,18,19). The van der Waals surface area contributed by atoms with Crippen molar-refractivity contribution in [2.24, 2.45) is 0 Å². The van der Waals surface area contributed by atoms with Crippen molar-refractivity contribution in [1.29, 1.82) is 0 Å². The number of carbonyl (C=O) groups is 2. The number of nitrogens with one attached hydrogen (secondary N) is 2. The van der Waals surface area contributed by atoms with E-state index >= 15 is 0 Å². The summed E-state index contributed by atoms with van der Waals surface area (Å²) in [4.78, 5) is 26.2. The largest absolute Gasteiger partial charge is 0.348 e. The summed E-state index contributed by atoms with van der Waals surface area (Å²) in [6.07, 6.45) is 0. The molecule has 4 aromatic carbocycles. The van der Waals surface area contributed by atoms with Gasteiger partial charge >= 0.3 is 0 Å². The molecule has 2 amide bonds. The maximum absolute atomic E-state index is 12.3. The summed E-state index contributed by atoms with van der Waals surface area (Å²) in [5.41, 5.74) is 3.38. The second kappa shape index (κ2) is 17.0. The number of halogens is 2. The fourth-order valence-electron chi connectivity index (χ4n) is 3.65. The van der Waals surface area contributed by atoms with Crippen LogP contribution in [0.5, 0.6) is 0 Å². The highest BCUT2D eigenvalue weighted by atomic mass is 35.5. The van der Waals surface area contributed by atoms with Gasteiger partial charge in [-0.3, -0.25) is 9.59 Å². The van der Waals surface area contributed by atoms with Gasteiger partial charge in [-0.15, -0.1) is 23.5 Å². The number of carbonyl (C=O) groups excluding carboxylic acids is 2. The van der Waals surface area contributed by atoms with Crippen molar-refractivity contribution in [1.82, 2.24) is 10.6 Å². The van der Waals surface area contributed by atoms with E-state index in [0.717, 1.165) is 32.4 Å². The van der Waals surface area contributed by atoms with Gasteiger partial charge in [0, 0.05) is 28.4 Å². The van der Waals surface area contributed by atoms with Crippen LogP contribution in [-0.2, 0) is 13.1 Å². The number of thioether (sulfide) groups is 2. The molecule has 208 valence electrons. The summed E-state index contributed by atoms with van der Waals surface area (Å²) in [6, 6.07) is 30.5. The Morgan fingerprint density at radius 2 is 1.23 bits per heavy atom. The van der Waals surface area contributed by atoms with Crippen LogP contribution in [0, 0.1) is 0 Å². The van der Waals surface area contributed by atoms with Gasteiger partial charge in [-0.2, -0.15) is 0 Å². The molecule has 0 aliphatic carbocycles. The molecule has 0 atom stereocenters. The third kappa shape index (κ3) is 9.93. The smallest absolute Gasteiger partial charge is 0.252 e. The zero-order chi connectivity index (χ0) is 28.7. The minimum absolute atomic E-state index is 0.0905. The predicted molar refractivity (Wildman–Crippen MR) is 171 cm³/mol. The van der Waals surface area contributed by atoms with E-state index in [2.05, 4.69) is 17.6 Å². The van der Waals surface area contributed by atoms with E-state index in [9.17, 15) is 9.59 Å². The molecule has 40 heavy (non-hydrogen) atoms. The fraction of sp³-hybridized carbons (Fsp3) is 0.188. The molecule has 0 spiro atoms. The maximum Gasteiger partial charge on any atom is 0.252 e. The second-order valence-electron chi connectivity index (χ2n) is 8.46. The van der Waals surface area contributed by atoms with Crippen LogP contribution < -0.4 is 10.6 Å². The number of hydrogen-bond donors (Lipinski definition) is 2. The van der Waals surface area contributed by atoms with E-state index in [1.54, 1.807) is 35.7 Å². The van der Waals surface area contributed by atoms with Crippen molar-refractivity contribution in [2.45, 2.75) is 36.7 Å². The van der Waals surface area contributed by atoms with E-state index in [0.29, 0.717) is 34.3 Å². The Morgan fingerprint density at radius 1 is 0.650 bits per heavy atom. The lowest BCUT2D eigenvalue weighted by molar-refractivity contribution is 0.0941. The summed E-state index contributed by atoms with van der Waals surface area (Å²) in [6.45, 7) is 5.15. The van der Waals surface area contributed by atoms with Gasteiger partial charge in [0.2, 0.25) is 0 Å². The SMILES string of the molecule is CCSc1c(Cl)cccc1C(=O)NCc1ccccc1.CCSc1ccc(C(=O)NCc2ccccc2)cc1Cl. The summed E-state index contributed by atoms with van der Waals surface area (Å²) in [7, 11) is 0. The van der Waals surface area contributed by atoms with Crippen molar-refractivity contribution in [2.75, 3.05) is 11.5 Å². The molecule has 4 aromatic rings. The monoisotopic (exact) mass is 610 g/mol. The summed E-state index contributed by atoms with van der Waals surface area (Å²) in [5, 5.41) is 7.08. The maximum atomic E-state index is 12.3. The average Bonchev–Trinajstić information content (AvgIpc) is 2.98. The molecule has 0 aliphatic rings. The van der Waals surface area contributed by atoms with Gasteiger partial charge in [0.1, 0.15) is 0 Å². The van der Waals surface area contributed by atoms with E-state index in [-0.39, 0.29) is 11.8 Å². The molecule has 0 fully saturated rings. The molecule has 4 rings (SSSR count). The number of hydrogen-bond acceptors (Lipinski definition) is 4. The molecular weight excluding hydrogens is 579 g/mol. The van der Waals surface area contributed by atoms with Gasteiger partial charge in [-0.25, -0.2) is 0 Å². The van der Waals surface area contributed by atoms with Gasteiger partial charge in [0.25, 0.3) is 11.8 Å². The summed E-state index contributed by atoms with van der Waals surface area (Å²) < 4.78 is 0. The first-order valence-electron chi connectivity index (χ1n) is 12.9. The highest BCUT2D eigenvalue weighted by Gasteiger charge is 2.14. The van der Waals surface area contributed by atoms with Gasteiger partial charge in [-0.05, 0) is 53.0 Å². The zero-order valence-corrected chi connectivity index (χ0v) is 25.6. The highest BCUT2D eigenvalue weighted by molar-refractivity contribution is 7.99. The molecule has 0 aromatic heterocycles. The number of rotatable bonds is 10. The number of benzene rings is 4. The Kier molecular flexibility index (Phi) is 13.5. The van der Waals surface area contributed by atoms with Gasteiger partial charge in [-0.1, -0.05) is 104 Å². The molecule has 0 saturated carbocycles. The van der Waals surface area contributed by atoms with Gasteiger partial charge in [0.15, 0.2) is 0 Å². The van der Waals surface area contributed by atoms with E-state index in [1.807, 2.05) is 91.9 Å². The molecule has 0 radical (unpaired) electrons. The van der Waals surface area contributed by atoms with Crippen LogP contribution in [0.1, 0.15) is 45.7 Å². The molecule has 4 nitrogen and oxygen atoms in total. The first-order chi connectivity index (χ1) is 19.4. The summed E-state index contributed by atoms with van der Waals surface area (Å²) in [5.74, 6) is 1.64. The van der Waals surface area contributed by atoms with Gasteiger partial charge < -0.3 is 10.6 Å². The summed E-state index contributed by atoms with van der Waals surface area (Å²) >= 11 is 15.6. The van der Waals surface area contributed by atoms with Crippen LogP contribution in [0.3, 0.4) is 0 Å². The molecule has 2 N–H and O–H groups in total. The quantitative estimate of drug-likeness (QED) is 0.176. The lowest BCUT2D eigenvalue weighted by Gasteiger charge is -2.10. The van der Waals surface area contributed by atoms with Crippen molar-refractivity contribution in [3.8, 4) is 0 Å². The van der Waals surface area contributed by atoms with Crippen molar-refractivity contribution in [3.63, 3.8) is 0 Å². The first-order valence-corrected chi connectivity index (χ1v) is 15.6. The Hall–Kier alpha value is -2.90. The van der Waals surface area contributed by atoms with Crippen LogP contribution in [0.25, 0.3) is 0 Å². The lowest BCUT2D eigenvalue weighted by Crippen LogP contribution is -2.23. The van der Waals surface area contributed by atoms with Crippen molar-refractivity contribution in [3.05, 3.63) is 129 Å². The minimum Gasteiger partial charge on any atom is -0.348 e. The van der Waals surface area contributed by atoms with Crippen LogP contribution in [0.4, 0.5) is 0 Å². The Labute approximate surface area is 255 Å². The van der Waals surface area contributed by atoms with Crippen LogP contribution in [-0.4, -0.2) is 23.3 Å². The van der Waals surface area contributed by atoms with Crippen LogP contribution in [0.15, 0.2) is 107 Å². The minimum atomic E-state index is -0.108. The second-order valence-corrected chi connectivity index (χ2v) is 11.9. The molecule has 8 heteroatoms. The molecule has 0 bridgehead atoms. The molecule has 0 aliphatic heterocycles. The molecule has 0 saturated heterocycles. The van der Waals surface area contributed by atoms with E-state index in [1.165, 1.54) is 0 Å². The molecule has 0 unspecified atom stereocenters. The van der Waals surface area contributed by atoms with E-state index < -0.39 is 0 Å². The number of amides is 2. The first kappa shape index (κ1) is 31.6. The van der Waals surface area contributed by atoms with Crippen molar-refractivity contribution >= 4 is 58.5 Å². The normalized spacial score (nSPS) is 10.3. The third-order valence-corrected chi connectivity index (χ3v) is 8.41. The van der Waals surface area contributed by atoms with Crippen LogP contribution >= 0.6 is 46.7 Å². The highest BCUT2D eigenvalue weighted by Crippen LogP contribution is 2.30. The lowest BCUT2D eigenvalue weighted by atomic mass is 10.2. The fourth-order valence-corrected chi connectivity index (χ4v) is 5.81. The predicted octanol–water partition coefficient (Wildman–Crippen LogP) is 8.76. The molecule has 0 heterocycles. The Morgan fingerprint density at radius 3 is 1.77 bits per heavy atom. The topological polar surface area (TPSA) is 58.2 Å². The Bertz CT molecular complexity index is 1390. The third-order valence-electron chi connectivity index (χ3n) is 5.59. The average molecular weight is 612 g/mol. The van der Waals surface area contributed by atoms with Gasteiger partial charge in [0.05, 0.1) is 15.6 Å². The van der Waals surface area contributed by atoms with E-state index in [4.69, 9.17) is 23.2 Å². The zero-order valence-electron chi connectivity index (χ0n) is 22.5. The molecular formula is C32H32Cl2N2O2S2. The van der Waals surface area contributed by atoms with Crippen molar-refractivity contribution < 1.29 is 9.59 Å². The van der Waals surface area contributed by atoms with Crippen LogP contribution in [0.2, 0.25) is 10.0 Å². The Balaban J connectivity index is 0.000000220.